The number of piperazine rings is 1. The highest BCUT2D eigenvalue weighted by molar-refractivity contribution is 5.76. The Hall–Kier alpha value is -2.93. The molecule has 7 nitrogen and oxygen atoms in total. The number of hydrogen-bond acceptors (Lipinski definition) is 4. The number of pyridine rings is 1. The van der Waals surface area contributed by atoms with Crippen LogP contribution < -0.4 is 5.69 Å². The van der Waals surface area contributed by atoms with Gasteiger partial charge in [-0.1, -0.05) is 30.3 Å². The highest BCUT2D eigenvalue weighted by atomic mass is 16.2. The van der Waals surface area contributed by atoms with Gasteiger partial charge in [-0.05, 0) is 30.2 Å². The number of carbonyl (C=O) groups is 1. The van der Waals surface area contributed by atoms with E-state index in [4.69, 9.17) is 0 Å². The molecule has 1 aliphatic heterocycles. The molecule has 1 fully saturated rings. The summed E-state index contributed by atoms with van der Waals surface area (Å²) in [6, 6.07) is 13.8. The third kappa shape index (κ3) is 3.64. The molecule has 1 aliphatic rings. The molecule has 0 N–H and O–H groups in total. The molecule has 27 heavy (non-hydrogen) atoms. The Balaban J connectivity index is 1.36. The molecule has 140 valence electrons. The van der Waals surface area contributed by atoms with E-state index >= 15 is 0 Å². The van der Waals surface area contributed by atoms with Gasteiger partial charge in [0.05, 0.1) is 0 Å². The maximum Gasteiger partial charge on any atom is 0.350 e. The Kier molecular flexibility index (Phi) is 4.77. The number of rotatable bonds is 4. The number of benzene rings is 1. The van der Waals surface area contributed by atoms with Crippen molar-refractivity contribution in [2.45, 2.75) is 20.0 Å². The van der Waals surface area contributed by atoms with Gasteiger partial charge in [0.1, 0.15) is 6.54 Å². The molecule has 0 spiro atoms. The van der Waals surface area contributed by atoms with Gasteiger partial charge in [-0.2, -0.15) is 0 Å². The molecule has 0 atom stereocenters. The van der Waals surface area contributed by atoms with Crippen LogP contribution in [0.5, 0.6) is 0 Å². The van der Waals surface area contributed by atoms with Crippen LogP contribution in [0.2, 0.25) is 0 Å². The molecule has 0 radical (unpaired) electrons. The van der Waals surface area contributed by atoms with E-state index in [1.165, 1.54) is 20.2 Å². The zero-order valence-corrected chi connectivity index (χ0v) is 15.4. The Morgan fingerprint density at radius 1 is 1.04 bits per heavy atom. The van der Waals surface area contributed by atoms with Gasteiger partial charge in [-0.15, -0.1) is 5.10 Å². The van der Waals surface area contributed by atoms with E-state index in [0.717, 1.165) is 19.6 Å². The summed E-state index contributed by atoms with van der Waals surface area (Å²) in [4.78, 5) is 29.1. The zero-order chi connectivity index (χ0) is 18.8. The number of aryl methyl sites for hydroxylation is 1. The highest BCUT2D eigenvalue weighted by Crippen LogP contribution is 2.12. The summed E-state index contributed by atoms with van der Waals surface area (Å²) in [7, 11) is 0. The number of aromatic nitrogens is 3. The van der Waals surface area contributed by atoms with Crippen molar-refractivity contribution in [2.24, 2.45) is 0 Å². The van der Waals surface area contributed by atoms with Gasteiger partial charge in [0, 0.05) is 38.9 Å². The van der Waals surface area contributed by atoms with E-state index < -0.39 is 0 Å². The quantitative estimate of drug-likeness (QED) is 0.696. The monoisotopic (exact) mass is 365 g/mol. The lowest BCUT2D eigenvalue weighted by Crippen LogP contribution is -2.49. The lowest BCUT2D eigenvalue weighted by Gasteiger charge is -2.35. The Labute approximate surface area is 157 Å². The van der Waals surface area contributed by atoms with Crippen molar-refractivity contribution in [3.63, 3.8) is 0 Å². The van der Waals surface area contributed by atoms with Crippen molar-refractivity contribution in [3.8, 4) is 0 Å². The first-order valence-corrected chi connectivity index (χ1v) is 9.20. The van der Waals surface area contributed by atoms with Crippen molar-refractivity contribution in [3.05, 3.63) is 70.3 Å². The highest BCUT2D eigenvalue weighted by Gasteiger charge is 2.22. The van der Waals surface area contributed by atoms with Crippen molar-refractivity contribution in [1.82, 2.24) is 24.0 Å². The summed E-state index contributed by atoms with van der Waals surface area (Å²) in [5.41, 5.74) is 2.89. The van der Waals surface area contributed by atoms with E-state index in [1.807, 2.05) is 11.0 Å². The number of amides is 1. The second-order valence-corrected chi connectivity index (χ2v) is 6.95. The van der Waals surface area contributed by atoms with Crippen LogP contribution in [0.25, 0.3) is 5.65 Å². The SMILES string of the molecule is Cc1ccccc1CN1CCN(C(=O)Cn2nc3ccccn3c2=O)CC1. The standard InChI is InChI=1S/C20H23N5O2/c1-16-6-2-3-7-17(16)14-22-10-12-23(13-11-22)19(26)15-25-20(27)24-9-5-4-8-18(24)21-25/h2-9H,10-15H2,1H3. The molecule has 1 amide bonds. The first kappa shape index (κ1) is 17.5. The van der Waals surface area contributed by atoms with Gasteiger partial charge in [-0.25, -0.2) is 9.48 Å². The molecule has 3 aromatic rings. The van der Waals surface area contributed by atoms with Crippen LogP contribution in [0, 0.1) is 6.92 Å². The summed E-state index contributed by atoms with van der Waals surface area (Å²) in [6.45, 7) is 6.03. The molecule has 3 heterocycles. The number of fused-ring (bicyclic) bond motifs is 1. The predicted octanol–water partition coefficient (Wildman–Crippen LogP) is 1.15. The molecule has 7 heteroatoms. The minimum atomic E-state index is -0.280. The fraction of sp³-hybridized carbons (Fsp3) is 0.350. The van der Waals surface area contributed by atoms with Crippen LogP contribution in [0.1, 0.15) is 11.1 Å². The lowest BCUT2D eigenvalue weighted by atomic mass is 10.1. The van der Waals surface area contributed by atoms with Gasteiger partial charge < -0.3 is 4.90 Å². The van der Waals surface area contributed by atoms with Crippen molar-refractivity contribution < 1.29 is 4.79 Å². The molecule has 0 unspecified atom stereocenters. The number of hydrogen-bond donors (Lipinski definition) is 0. The summed E-state index contributed by atoms with van der Waals surface area (Å²) in [5.74, 6) is -0.0592. The molecule has 4 rings (SSSR count). The van der Waals surface area contributed by atoms with Crippen LogP contribution >= 0.6 is 0 Å². The topological polar surface area (TPSA) is 62.9 Å². The molecular weight excluding hydrogens is 342 g/mol. The third-order valence-corrected chi connectivity index (χ3v) is 5.15. The minimum Gasteiger partial charge on any atom is -0.339 e. The maximum atomic E-state index is 12.6. The van der Waals surface area contributed by atoms with Gasteiger partial charge in [0.25, 0.3) is 0 Å². The third-order valence-electron chi connectivity index (χ3n) is 5.15. The molecule has 0 bridgehead atoms. The maximum absolute atomic E-state index is 12.6. The summed E-state index contributed by atoms with van der Waals surface area (Å²) >= 11 is 0. The van der Waals surface area contributed by atoms with Crippen LogP contribution in [0.3, 0.4) is 0 Å². The van der Waals surface area contributed by atoms with E-state index in [2.05, 4.69) is 41.2 Å². The largest absolute Gasteiger partial charge is 0.350 e. The van der Waals surface area contributed by atoms with Gasteiger partial charge in [0.15, 0.2) is 5.65 Å². The van der Waals surface area contributed by atoms with Crippen LogP contribution in [0.15, 0.2) is 53.5 Å². The predicted molar refractivity (Wildman–Crippen MR) is 102 cm³/mol. The molecular formula is C20H23N5O2. The smallest absolute Gasteiger partial charge is 0.339 e. The van der Waals surface area contributed by atoms with Gasteiger partial charge >= 0.3 is 5.69 Å². The van der Waals surface area contributed by atoms with Crippen LogP contribution in [-0.2, 0) is 17.9 Å². The Morgan fingerprint density at radius 3 is 2.52 bits per heavy atom. The average molecular weight is 365 g/mol. The van der Waals surface area contributed by atoms with Crippen molar-refractivity contribution in [2.75, 3.05) is 26.2 Å². The van der Waals surface area contributed by atoms with Gasteiger partial charge in [0.2, 0.25) is 5.91 Å². The fourth-order valence-corrected chi connectivity index (χ4v) is 3.48. The summed E-state index contributed by atoms with van der Waals surface area (Å²) < 4.78 is 2.70. The van der Waals surface area contributed by atoms with Crippen molar-refractivity contribution >= 4 is 11.6 Å². The summed E-state index contributed by atoms with van der Waals surface area (Å²) in [6.07, 6.45) is 1.66. The lowest BCUT2D eigenvalue weighted by molar-refractivity contribution is -0.133. The number of nitrogens with zero attached hydrogens (tertiary/aromatic N) is 5. The van der Waals surface area contributed by atoms with E-state index in [9.17, 15) is 9.59 Å². The second-order valence-electron chi connectivity index (χ2n) is 6.95. The second kappa shape index (κ2) is 7.36. The normalized spacial score (nSPS) is 15.4. The summed E-state index contributed by atoms with van der Waals surface area (Å²) in [5, 5.41) is 4.24. The average Bonchev–Trinajstić information content (AvgIpc) is 3.00. The first-order valence-electron chi connectivity index (χ1n) is 9.20. The molecule has 0 saturated carbocycles. The zero-order valence-electron chi connectivity index (χ0n) is 15.4. The van der Waals surface area contributed by atoms with E-state index in [-0.39, 0.29) is 18.1 Å². The molecule has 2 aromatic heterocycles. The van der Waals surface area contributed by atoms with Gasteiger partial charge in [-0.3, -0.25) is 14.1 Å². The minimum absolute atomic E-state index is 0.0156. The number of carbonyl (C=O) groups excluding carboxylic acids is 1. The fourth-order valence-electron chi connectivity index (χ4n) is 3.48. The first-order chi connectivity index (χ1) is 13.1. The Morgan fingerprint density at radius 2 is 1.78 bits per heavy atom. The molecule has 0 aliphatic carbocycles. The Bertz CT molecular complexity index is 1010. The van der Waals surface area contributed by atoms with Crippen LogP contribution in [0.4, 0.5) is 0 Å². The van der Waals surface area contributed by atoms with E-state index in [1.54, 1.807) is 18.3 Å². The molecule has 1 aromatic carbocycles. The molecule has 1 saturated heterocycles. The van der Waals surface area contributed by atoms with E-state index in [0.29, 0.717) is 18.7 Å². The van der Waals surface area contributed by atoms with Crippen LogP contribution in [-0.4, -0.2) is 56.1 Å². The van der Waals surface area contributed by atoms with Crippen molar-refractivity contribution in [1.29, 1.82) is 0 Å².